The van der Waals surface area contributed by atoms with E-state index in [1.165, 1.54) is 12.1 Å². The highest BCUT2D eigenvalue weighted by Crippen LogP contribution is 2.25. The molecule has 2 atom stereocenters. The van der Waals surface area contributed by atoms with Crippen molar-refractivity contribution in [3.8, 4) is 0 Å². The number of carbonyl (C=O) groups excluding carboxylic acids is 1. The van der Waals surface area contributed by atoms with Crippen molar-refractivity contribution < 1.29 is 13.6 Å². The number of hydrogen-bond acceptors (Lipinski definition) is 2. The van der Waals surface area contributed by atoms with E-state index in [4.69, 9.17) is 5.73 Å². The first-order chi connectivity index (χ1) is 8.54. The second kappa shape index (κ2) is 5.02. The minimum atomic E-state index is -1.08. The highest BCUT2D eigenvalue weighted by atomic mass is 19.2. The van der Waals surface area contributed by atoms with Crippen molar-refractivity contribution in [2.45, 2.75) is 19.4 Å². The topological polar surface area (TPSA) is 46.3 Å². The molecule has 2 N–H and O–H groups in total. The monoisotopic (exact) mass is 254 g/mol. The van der Waals surface area contributed by atoms with E-state index >= 15 is 0 Å². The van der Waals surface area contributed by atoms with Crippen LogP contribution >= 0.6 is 0 Å². The van der Waals surface area contributed by atoms with Crippen molar-refractivity contribution in [1.29, 1.82) is 0 Å². The van der Waals surface area contributed by atoms with Crippen molar-refractivity contribution >= 4 is 5.91 Å². The molecule has 0 saturated carbocycles. The molecule has 0 spiro atoms. The van der Waals surface area contributed by atoms with E-state index in [1.807, 2.05) is 6.92 Å². The Morgan fingerprint density at radius 1 is 1.50 bits per heavy atom. The van der Waals surface area contributed by atoms with Gasteiger partial charge in [0.05, 0.1) is 5.56 Å². The maximum absolute atomic E-state index is 13.6. The molecule has 1 aliphatic heterocycles. The molecule has 1 fully saturated rings. The smallest absolute Gasteiger partial charge is 0.257 e. The number of benzene rings is 1. The molecule has 5 heteroatoms. The van der Waals surface area contributed by atoms with Crippen LogP contribution in [0.15, 0.2) is 18.2 Å². The standard InChI is InChI=1S/C13H16F2N2O/c1-8-5-9(6-16)7-17(8)13(18)10-3-2-4-11(14)12(10)15/h2-4,8-9H,5-7,16H2,1H3. The van der Waals surface area contributed by atoms with Crippen LogP contribution in [-0.2, 0) is 0 Å². The molecule has 0 bridgehead atoms. The van der Waals surface area contributed by atoms with Gasteiger partial charge in [0.25, 0.3) is 5.91 Å². The van der Waals surface area contributed by atoms with Crippen molar-refractivity contribution in [1.82, 2.24) is 4.90 Å². The van der Waals surface area contributed by atoms with E-state index < -0.39 is 17.5 Å². The van der Waals surface area contributed by atoms with Crippen LogP contribution in [0.4, 0.5) is 8.78 Å². The summed E-state index contributed by atoms with van der Waals surface area (Å²) in [4.78, 5) is 13.7. The highest BCUT2D eigenvalue weighted by Gasteiger charge is 2.33. The molecule has 18 heavy (non-hydrogen) atoms. The number of halogens is 2. The SMILES string of the molecule is CC1CC(CN)CN1C(=O)c1cccc(F)c1F. The molecule has 0 aromatic heterocycles. The van der Waals surface area contributed by atoms with E-state index in [2.05, 4.69) is 0 Å². The second-order valence-corrected chi connectivity index (χ2v) is 4.75. The zero-order chi connectivity index (χ0) is 13.3. The maximum atomic E-state index is 13.6. The quantitative estimate of drug-likeness (QED) is 0.874. The van der Waals surface area contributed by atoms with Crippen molar-refractivity contribution in [2.75, 3.05) is 13.1 Å². The Kier molecular flexibility index (Phi) is 3.61. The minimum absolute atomic E-state index is 0.00807. The molecule has 3 nitrogen and oxygen atoms in total. The van der Waals surface area contributed by atoms with Crippen molar-refractivity contribution in [3.05, 3.63) is 35.4 Å². The molecular weight excluding hydrogens is 238 g/mol. The summed E-state index contributed by atoms with van der Waals surface area (Å²) in [6.45, 7) is 2.90. The molecule has 0 aliphatic carbocycles. The van der Waals surface area contributed by atoms with Crippen LogP contribution in [0.2, 0.25) is 0 Å². The zero-order valence-electron chi connectivity index (χ0n) is 10.2. The first-order valence-electron chi connectivity index (χ1n) is 5.99. The molecule has 1 aromatic rings. The number of carbonyl (C=O) groups is 1. The van der Waals surface area contributed by atoms with Gasteiger partial charge < -0.3 is 10.6 Å². The highest BCUT2D eigenvalue weighted by molar-refractivity contribution is 5.94. The fraction of sp³-hybridized carbons (Fsp3) is 0.462. The molecule has 2 unspecified atom stereocenters. The maximum Gasteiger partial charge on any atom is 0.257 e. The number of nitrogens with two attached hydrogens (primary N) is 1. The summed E-state index contributed by atoms with van der Waals surface area (Å²) in [5, 5.41) is 0. The molecule has 2 rings (SSSR count). The number of likely N-dealkylation sites (tertiary alicyclic amines) is 1. The molecule has 98 valence electrons. The molecule has 1 amide bonds. The molecule has 0 radical (unpaired) electrons. The molecule has 1 aliphatic rings. The summed E-state index contributed by atoms with van der Waals surface area (Å²) >= 11 is 0. The van der Waals surface area contributed by atoms with Gasteiger partial charge in [0.15, 0.2) is 11.6 Å². The lowest BCUT2D eigenvalue weighted by atomic mass is 10.1. The van der Waals surface area contributed by atoms with Crippen molar-refractivity contribution in [3.63, 3.8) is 0 Å². The van der Waals surface area contributed by atoms with Crippen LogP contribution < -0.4 is 5.73 Å². The first kappa shape index (κ1) is 13.0. The van der Waals surface area contributed by atoms with Gasteiger partial charge in [-0.2, -0.15) is 0 Å². The third-order valence-electron chi connectivity index (χ3n) is 3.44. The predicted octanol–water partition coefficient (Wildman–Crippen LogP) is 1.77. The van der Waals surface area contributed by atoms with E-state index in [0.717, 1.165) is 12.5 Å². The van der Waals surface area contributed by atoms with Crippen LogP contribution in [0.25, 0.3) is 0 Å². The van der Waals surface area contributed by atoms with E-state index in [0.29, 0.717) is 13.1 Å². The van der Waals surface area contributed by atoms with Gasteiger partial charge in [-0.05, 0) is 37.9 Å². The summed E-state index contributed by atoms with van der Waals surface area (Å²) < 4.78 is 26.7. The predicted molar refractivity (Wildman–Crippen MR) is 64.0 cm³/mol. The Bertz CT molecular complexity index is 464. The van der Waals surface area contributed by atoms with Crippen LogP contribution in [0.1, 0.15) is 23.7 Å². The number of amides is 1. The van der Waals surface area contributed by atoms with E-state index in [1.54, 1.807) is 4.90 Å². The molecule has 1 saturated heterocycles. The fourth-order valence-electron chi connectivity index (χ4n) is 2.42. The average molecular weight is 254 g/mol. The lowest BCUT2D eigenvalue weighted by Crippen LogP contribution is -2.35. The van der Waals surface area contributed by atoms with Crippen LogP contribution in [0.5, 0.6) is 0 Å². The van der Waals surface area contributed by atoms with Gasteiger partial charge in [-0.25, -0.2) is 8.78 Å². The zero-order valence-corrected chi connectivity index (χ0v) is 10.2. The number of nitrogens with zero attached hydrogens (tertiary/aromatic N) is 1. The molecular formula is C13H16F2N2O. The fourth-order valence-corrected chi connectivity index (χ4v) is 2.42. The Morgan fingerprint density at radius 2 is 2.22 bits per heavy atom. The van der Waals surface area contributed by atoms with E-state index in [-0.39, 0.29) is 17.5 Å². The Morgan fingerprint density at radius 3 is 2.83 bits per heavy atom. The van der Waals surface area contributed by atoms with Crippen LogP contribution in [0.3, 0.4) is 0 Å². The largest absolute Gasteiger partial charge is 0.336 e. The summed E-state index contributed by atoms with van der Waals surface area (Å²) in [6.07, 6.45) is 0.805. The summed E-state index contributed by atoms with van der Waals surface area (Å²) in [5.41, 5.74) is 5.37. The molecule has 1 heterocycles. The lowest BCUT2D eigenvalue weighted by molar-refractivity contribution is 0.0737. The summed E-state index contributed by atoms with van der Waals surface area (Å²) in [6, 6.07) is 3.66. The third kappa shape index (κ3) is 2.22. The number of rotatable bonds is 2. The van der Waals surface area contributed by atoms with Crippen LogP contribution in [0, 0.1) is 17.6 Å². The second-order valence-electron chi connectivity index (χ2n) is 4.75. The van der Waals surface area contributed by atoms with Crippen molar-refractivity contribution in [2.24, 2.45) is 11.7 Å². The van der Waals surface area contributed by atoms with Gasteiger partial charge in [0.2, 0.25) is 0 Å². The van der Waals surface area contributed by atoms with Gasteiger partial charge in [0, 0.05) is 12.6 Å². The number of hydrogen-bond donors (Lipinski definition) is 1. The lowest BCUT2D eigenvalue weighted by Gasteiger charge is -2.21. The van der Waals surface area contributed by atoms with Gasteiger partial charge in [-0.1, -0.05) is 6.07 Å². The Labute approximate surface area is 105 Å². The van der Waals surface area contributed by atoms with Gasteiger partial charge in [-0.3, -0.25) is 4.79 Å². The minimum Gasteiger partial charge on any atom is -0.336 e. The first-order valence-corrected chi connectivity index (χ1v) is 5.99. The normalized spacial score (nSPS) is 23.4. The Hall–Kier alpha value is -1.49. The van der Waals surface area contributed by atoms with Crippen LogP contribution in [-0.4, -0.2) is 29.9 Å². The summed E-state index contributed by atoms with van der Waals surface area (Å²) in [7, 11) is 0. The van der Waals surface area contributed by atoms with Gasteiger partial charge in [-0.15, -0.1) is 0 Å². The average Bonchev–Trinajstić information content (AvgIpc) is 2.73. The van der Waals surface area contributed by atoms with E-state index in [9.17, 15) is 13.6 Å². The molecule has 1 aromatic carbocycles. The third-order valence-corrected chi connectivity index (χ3v) is 3.44. The van der Waals surface area contributed by atoms with Gasteiger partial charge in [0.1, 0.15) is 0 Å². The van der Waals surface area contributed by atoms with Gasteiger partial charge >= 0.3 is 0 Å². The summed E-state index contributed by atoms with van der Waals surface area (Å²) in [5.74, 6) is -2.30. The Balaban J connectivity index is 2.24.